The van der Waals surface area contributed by atoms with Crippen LogP contribution in [0.3, 0.4) is 0 Å². The second kappa shape index (κ2) is 44.9. The van der Waals surface area contributed by atoms with Crippen molar-refractivity contribution in [1.82, 2.24) is 0 Å². The van der Waals surface area contributed by atoms with Crippen LogP contribution >= 0.6 is 0 Å². The maximum atomic E-state index is 15.4. The molecule has 0 atom stereocenters. The summed E-state index contributed by atoms with van der Waals surface area (Å²) >= 11 is 0. The van der Waals surface area contributed by atoms with Crippen molar-refractivity contribution in [2.75, 3.05) is 46.4 Å². The highest BCUT2D eigenvalue weighted by Gasteiger charge is 2.43. The van der Waals surface area contributed by atoms with E-state index in [-0.39, 0.29) is 162 Å². The number of hydrogen-bond acceptors (Lipinski definition) is 32. The molecule has 0 aliphatic rings. The van der Waals surface area contributed by atoms with Crippen LogP contribution in [0.1, 0.15) is 140 Å². The average Bonchev–Trinajstić information content (AvgIpc) is 0.806. The normalized spacial score (nSPS) is 11.4. The fourth-order valence-electron chi connectivity index (χ4n) is 17.0. The Hall–Kier alpha value is -19.3. The van der Waals surface area contributed by atoms with Crippen LogP contribution in [0.2, 0.25) is 0 Å². The first-order valence-corrected chi connectivity index (χ1v) is 46.8. The van der Waals surface area contributed by atoms with Crippen molar-refractivity contribution in [2.45, 2.75) is 56.1 Å². The van der Waals surface area contributed by atoms with Gasteiger partial charge < -0.3 is 64.4 Å². The topological polar surface area (TPSA) is 460 Å². The number of hydrogen-bond donors (Lipinski definition) is 0. The molecule has 32 heteroatoms. The van der Waals surface area contributed by atoms with Gasteiger partial charge in [-0.15, -0.1) is 0 Å². The largest absolute Gasteiger partial charge is 0.486 e. The first-order valence-electron chi connectivity index (χ1n) is 46.8. The van der Waals surface area contributed by atoms with Crippen molar-refractivity contribution in [1.29, 1.82) is 0 Å². The van der Waals surface area contributed by atoms with E-state index >= 15 is 24.0 Å². The minimum absolute atomic E-state index is 0.0242. The molecule has 18 rings (SSSR count). The summed E-state index contributed by atoms with van der Waals surface area (Å²) in [6.07, 6.45) is -6.25. The lowest BCUT2D eigenvalue weighted by Gasteiger charge is -2.37. The van der Waals surface area contributed by atoms with Crippen molar-refractivity contribution < 1.29 is 122 Å². The Morgan fingerprint density at radius 2 is 0.373 bits per heavy atom. The number of ketones is 12. The molecule has 6 heterocycles. The van der Waals surface area contributed by atoms with Crippen LogP contribution < -0.4 is 62.2 Å². The molecule has 12 aromatic carbocycles. The van der Waals surface area contributed by atoms with Crippen molar-refractivity contribution in [3.63, 3.8) is 0 Å². The molecular weight excluding hydrogens is 1930 g/mol. The molecule has 0 aliphatic heterocycles. The minimum atomic E-state index is -2.54. The predicted molar refractivity (Wildman–Crippen MR) is 542 cm³/mol. The van der Waals surface area contributed by atoms with Crippen molar-refractivity contribution in [3.05, 3.63) is 457 Å². The molecule has 0 aliphatic carbocycles. The quantitative estimate of drug-likeness (QED) is 0.0194. The average molecular weight is 2010 g/mol. The minimum Gasteiger partial charge on any atom is -0.486 e. The van der Waals surface area contributed by atoms with Gasteiger partial charge in [0.2, 0.25) is 0 Å². The number of ether oxygens (including phenoxy) is 8. The fraction of sp³-hybridized carbons (Fsp3) is 0.136. The molecule has 0 unspecified atom stereocenters. The molecule has 0 fully saturated rings. The van der Waals surface area contributed by atoms with Gasteiger partial charge in [-0.25, -0.2) is 28.8 Å². The van der Waals surface area contributed by atoms with E-state index in [2.05, 4.69) is 0 Å². The Kier molecular flexibility index (Phi) is 30.2. The number of Topliss-reactive ketones (excluding diaryl/α,β-unsaturated/α-hetero) is 6. The SMILES string of the molecule is O=C(CCC(CC(=O)COc1ccc2cc(C(=O)c3ccccc3)c(=O)oc2c1)(CC(=O)COc1ccc2cc(C(=O)c3ccccc3)c(=O)oc2c1)OCOC(CC(=O)COc1ccc2cc(C(=O)c3ccccc3)c(=O)oc2c1)(CC(=O)COc1ccc2cc(C(=O)c3ccccc3)c(=O)oc2c1)CC(=O)COc1ccc2cc(C(=O)c3ccccc3)c(=O)oc2c1)COc1ccc2cc(C(=O)c3ccccc3)c(=O)oc2c1. The molecule has 0 saturated heterocycles. The van der Waals surface area contributed by atoms with E-state index in [1.165, 1.54) is 218 Å². The third-order valence-corrected chi connectivity index (χ3v) is 24.5. The van der Waals surface area contributed by atoms with Gasteiger partial charge in [0.05, 0.1) is 11.2 Å². The second-order valence-electron chi connectivity index (χ2n) is 35.2. The van der Waals surface area contributed by atoms with Gasteiger partial charge in [0.1, 0.15) is 148 Å². The van der Waals surface area contributed by atoms with Gasteiger partial charge >= 0.3 is 33.8 Å². The van der Waals surface area contributed by atoms with Crippen LogP contribution in [0, 0.1) is 0 Å². The van der Waals surface area contributed by atoms with E-state index in [0.29, 0.717) is 5.39 Å². The van der Waals surface area contributed by atoms with Crippen molar-refractivity contribution >= 4 is 135 Å². The maximum Gasteiger partial charge on any atom is 0.347 e. The van der Waals surface area contributed by atoms with Crippen LogP contribution in [0.5, 0.6) is 34.5 Å². The molecule has 0 bridgehead atoms. The van der Waals surface area contributed by atoms with Gasteiger partial charge in [-0.3, -0.25) is 57.5 Å². The highest BCUT2D eigenvalue weighted by Crippen LogP contribution is 2.37. The Morgan fingerprint density at radius 3 is 0.567 bits per heavy atom. The number of carbonyl (C=O) groups excluding carboxylic acids is 12. The summed E-state index contributed by atoms with van der Waals surface area (Å²) in [4.78, 5) is 255. The van der Waals surface area contributed by atoms with Crippen LogP contribution in [0.4, 0.5) is 0 Å². The zero-order valence-corrected chi connectivity index (χ0v) is 79.1. The molecular formula is C118H82O32. The second-order valence-corrected chi connectivity index (χ2v) is 35.2. The molecule has 0 radical (unpaired) electrons. The number of carbonyl (C=O) groups is 12. The van der Waals surface area contributed by atoms with Crippen molar-refractivity contribution in [3.8, 4) is 34.5 Å². The van der Waals surface area contributed by atoms with E-state index in [0.717, 1.165) is 0 Å². The summed E-state index contributed by atoms with van der Waals surface area (Å²) in [6, 6.07) is 80.4. The van der Waals surface area contributed by atoms with E-state index in [1.807, 2.05) is 0 Å². The predicted octanol–water partition coefficient (Wildman–Crippen LogP) is 17.1. The first-order chi connectivity index (χ1) is 72.6. The lowest BCUT2D eigenvalue weighted by Crippen LogP contribution is -2.46. The van der Waals surface area contributed by atoms with Crippen LogP contribution in [0.25, 0.3) is 65.8 Å². The Morgan fingerprint density at radius 1 is 0.200 bits per heavy atom. The summed E-state index contributed by atoms with van der Waals surface area (Å²) in [5.74, 6) is -9.61. The van der Waals surface area contributed by atoms with Crippen LogP contribution in [0.15, 0.2) is 383 Å². The Balaban J connectivity index is 0.701. The Bertz CT molecular complexity index is 8240. The summed E-state index contributed by atoms with van der Waals surface area (Å²) in [5.41, 5.74) is -12.0. The lowest BCUT2D eigenvalue weighted by molar-refractivity contribution is -0.205. The molecule has 746 valence electrons. The van der Waals surface area contributed by atoms with Gasteiger partial charge in [-0.1, -0.05) is 182 Å². The number of fused-ring (bicyclic) bond motifs is 6. The van der Waals surface area contributed by atoms with Gasteiger partial charge in [-0.05, 0) is 116 Å². The third kappa shape index (κ3) is 24.0. The molecule has 150 heavy (non-hydrogen) atoms. The third-order valence-electron chi connectivity index (χ3n) is 24.5. The molecule has 0 saturated carbocycles. The highest BCUT2D eigenvalue weighted by atomic mass is 16.7. The van der Waals surface area contributed by atoms with Gasteiger partial charge in [-0.2, -0.15) is 0 Å². The summed E-state index contributed by atoms with van der Waals surface area (Å²) in [5, 5.41) is 1.59. The summed E-state index contributed by atoms with van der Waals surface area (Å²) in [7, 11) is 0. The van der Waals surface area contributed by atoms with Crippen LogP contribution in [-0.4, -0.2) is 127 Å². The monoisotopic (exact) mass is 2010 g/mol. The van der Waals surface area contributed by atoms with E-state index in [1.54, 1.807) is 109 Å². The van der Waals surface area contributed by atoms with Gasteiger partial charge in [0.15, 0.2) is 69.4 Å². The van der Waals surface area contributed by atoms with Gasteiger partial charge in [0.25, 0.3) is 0 Å². The molecule has 18 aromatic rings. The van der Waals surface area contributed by atoms with Gasteiger partial charge in [0, 0.05) is 141 Å². The van der Waals surface area contributed by atoms with E-state index in [9.17, 15) is 62.3 Å². The standard InChI is InChI=1S/C118H82O32/c119-81(62-137-87-37-31-75-45-93(111(131)145-99(75)51-87)105(125)69-19-7-1-8-20-69)43-44-117(57-82(120)63-138-88-38-32-76-46-94(112(132)146-100(76)52-88)106(126)70-21-9-2-10-22-70,58-83(121)64-139-89-39-33-77-47-95(113(133)147-101(77)53-89)107(127)71-23-11-3-12-24-71)143-68-144-118(59-84(122)65-140-90-40-34-78-48-96(114(134)148-102(78)54-90)108(128)72-25-13-4-14-26-72,60-85(123)66-141-91-41-35-79-49-97(115(135)149-103(79)55-91)109(129)73-27-15-5-16-28-73)61-86(124)67-142-92-42-36-80-50-98(116(136)150-104(80)56-92)110(130)74-29-17-6-18-30-74/h1-42,45-56H,43-44,57-68H2. The first kappa shape index (κ1) is 101. The molecule has 0 N–H and O–H groups in total. The smallest absolute Gasteiger partial charge is 0.347 e. The maximum absolute atomic E-state index is 15.4. The molecule has 6 aromatic heterocycles. The zero-order chi connectivity index (χ0) is 105. The van der Waals surface area contributed by atoms with Crippen molar-refractivity contribution in [2.24, 2.45) is 0 Å². The number of rotatable bonds is 47. The number of benzene rings is 12. The lowest BCUT2D eigenvalue weighted by atomic mass is 9.85. The zero-order valence-electron chi connectivity index (χ0n) is 79.1. The molecule has 0 spiro atoms. The molecule has 32 nitrogen and oxygen atoms in total. The van der Waals surface area contributed by atoms with E-state index in [4.69, 9.17) is 64.4 Å². The summed E-state index contributed by atoms with van der Waals surface area (Å²) in [6.45, 7) is -6.61. The van der Waals surface area contributed by atoms with E-state index < -0.39 is 206 Å². The Labute approximate surface area is 846 Å². The fourth-order valence-corrected chi connectivity index (χ4v) is 17.0. The molecule has 0 amide bonds. The highest BCUT2D eigenvalue weighted by molar-refractivity contribution is 6.14. The summed E-state index contributed by atoms with van der Waals surface area (Å²) < 4.78 is 84.1. The van der Waals surface area contributed by atoms with Crippen LogP contribution in [-0.2, 0) is 38.2 Å².